The summed E-state index contributed by atoms with van der Waals surface area (Å²) in [5, 5.41) is 3.73. The number of piperidine rings is 1. The van der Waals surface area contributed by atoms with Crippen LogP contribution in [0.1, 0.15) is 43.5 Å². The summed E-state index contributed by atoms with van der Waals surface area (Å²) in [5.41, 5.74) is 3.79. The lowest BCUT2D eigenvalue weighted by Crippen LogP contribution is -2.38. The molecule has 1 N–H and O–H groups in total. The number of aliphatic imine (C=N–C) groups is 1. The molecule has 1 unspecified atom stereocenters. The van der Waals surface area contributed by atoms with Crippen molar-refractivity contribution in [3.63, 3.8) is 0 Å². The largest absolute Gasteiger partial charge is 0.302 e. The predicted octanol–water partition coefficient (Wildman–Crippen LogP) is 3.73. The maximum absolute atomic E-state index is 4.55. The standard InChI is InChI=1S/C17H23N3/c1-13(7-5-11-18-3)15-9-4-10-16(20-15)17-14(2)8-6-12-19-17/h5-8,11-12,15-16,20H,3-4,9-10H2,1-2H3/b11-5-,13-7-/t15?,16-/m1/s1. The molecule has 106 valence electrons. The van der Waals surface area contributed by atoms with Gasteiger partial charge in [0.1, 0.15) is 0 Å². The molecule has 1 aliphatic rings. The molecule has 0 amide bonds. The topological polar surface area (TPSA) is 37.3 Å². The zero-order chi connectivity index (χ0) is 14.4. The fourth-order valence-electron chi connectivity index (χ4n) is 2.74. The first kappa shape index (κ1) is 14.7. The van der Waals surface area contributed by atoms with E-state index in [1.54, 1.807) is 6.20 Å². The fourth-order valence-corrected chi connectivity index (χ4v) is 2.74. The monoisotopic (exact) mass is 269 g/mol. The van der Waals surface area contributed by atoms with Crippen LogP contribution in [0.25, 0.3) is 0 Å². The quantitative estimate of drug-likeness (QED) is 0.668. The van der Waals surface area contributed by atoms with Crippen LogP contribution in [-0.4, -0.2) is 17.7 Å². The molecule has 1 aromatic heterocycles. The van der Waals surface area contributed by atoms with Crippen LogP contribution in [0.2, 0.25) is 0 Å². The van der Waals surface area contributed by atoms with Gasteiger partial charge in [-0.3, -0.25) is 9.98 Å². The molecule has 0 bridgehead atoms. The Morgan fingerprint density at radius 1 is 1.50 bits per heavy atom. The van der Waals surface area contributed by atoms with Crippen LogP contribution in [0.4, 0.5) is 0 Å². The van der Waals surface area contributed by atoms with E-state index >= 15 is 0 Å². The molecule has 0 aromatic carbocycles. The molecule has 1 fully saturated rings. The molecule has 20 heavy (non-hydrogen) atoms. The first-order valence-corrected chi connectivity index (χ1v) is 7.19. The van der Waals surface area contributed by atoms with Gasteiger partial charge in [-0.25, -0.2) is 0 Å². The Morgan fingerprint density at radius 2 is 2.35 bits per heavy atom. The first-order chi connectivity index (χ1) is 9.72. The Kier molecular flexibility index (Phi) is 5.24. The zero-order valence-electron chi connectivity index (χ0n) is 12.3. The van der Waals surface area contributed by atoms with Gasteiger partial charge in [-0.2, -0.15) is 0 Å². The van der Waals surface area contributed by atoms with Crippen LogP contribution < -0.4 is 5.32 Å². The van der Waals surface area contributed by atoms with Gasteiger partial charge in [0.2, 0.25) is 0 Å². The Hall–Kier alpha value is -1.74. The lowest BCUT2D eigenvalue weighted by molar-refractivity contribution is 0.347. The second kappa shape index (κ2) is 7.15. The maximum atomic E-state index is 4.55. The summed E-state index contributed by atoms with van der Waals surface area (Å²) >= 11 is 0. The molecular formula is C17H23N3. The number of pyridine rings is 1. The third kappa shape index (κ3) is 3.64. The van der Waals surface area contributed by atoms with Crippen LogP contribution in [-0.2, 0) is 0 Å². The second-order valence-electron chi connectivity index (χ2n) is 5.34. The highest BCUT2D eigenvalue weighted by Gasteiger charge is 2.24. The number of hydrogen-bond donors (Lipinski definition) is 1. The van der Waals surface area contributed by atoms with E-state index in [2.05, 4.69) is 48.0 Å². The minimum absolute atomic E-state index is 0.361. The van der Waals surface area contributed by atoms with Gasteiger partial charge >= 0.3 is 0 Å². The van der Waals surface area contributed by atoms with Gasteiger partial charge in [0, 0.05) is 18.4 Å². The smallest absolute Gasteiger partial charge is 0.0602 e. The van der Waals surface area contributed by atoms with Crippen molar-refractivity contribution in [2.24, 2.45) is 4.99 Å². The highest BCUT2D eigenvalue weighted by molar-refractivity contribution is 5.27. The number of hydrogen-bond acceptors (Lipinski definition) is 3. The van der Waals surface area contributed by atoms with Crippen LogP contribution in [0.15, 0.2) is 47.2 Å². The number of rotatable bonds is 4. The van der Waals surface area contributed by atoms with Crippen molar-refractivity contribution in [3.05, 3.63) is 53.5 Å². The molecule has 1 saturated heterocycles. The molecule has 0 radical (unpaired) electrons. The van der Waals surface area contributed by atoms with Crippen molar-refractivity contribution < 1.29 is 0 Å². The third-order valence-electron chi connectivity index (χ3n) is 3.87. The number of aryl methyl sites for hydroxylation is 1. The minimum atomic E-state index is 0.361. The van der Waals surface area contributed by atoms with E-state index in [4.69, 9.17) is 0 Å². The van der Waals surface area contributed by atoms with Crippen molar-refractivity contribution in [2.45, 2.75) is 45.2 Å². The lowest BCUT2D eigenvalue weighted by atomic mass is 9.91. The van der Waals surface area contributed by atoms with Crippen molar-refractivity contribution >= 4 is 6.72 Å². The fraction of sp³-hybridized carbons (Fsp3) is 0.412. The first-order valence-electron chi connectivity index (χ1n) is 7.19. The number of allylic oxidation sites excluding steroid dienone is 2. The summed E-state index contributed by atoms with van der Waals surface area (Å²) in [6.45, 7) is 7.74. The Bertz CT molecular complexity index is 517. The summed E-state index contributed by atoms with van der Waals surface area (Å²) in [6, 6.07) is 4.91. The Morgan fingerprint density at radius 3 is 3.10 bits per heavy atom. The Balaban J connectivity index is 2.09. The second-order valence-corrected chi connectivity index (χ2v) is 5.34. The molecule has 2 atom stereocenters. The Labute approximate surface area is 121 Å². The van der Waals surface area contributed by atoms with Gasteiger partial charge in [-0.1, -0.05) is 17.7 Å². The molecule has 2 rings (SSSR count). The van der Waals surface area contributed by atoms with Gasteiger partial charge in [0.05, 0.1) is 11.7 Å². The molecule has 0 aliphatic carbocycles. The van der Waals surface area contributed by atoms with Gasteiger partial charge in [-0.15, -0.1) is 0 Å². The van der Waals surface area contributed by atoms with E-state index in [-0.39, 0.29) is 0 Å². The molecule has 3 nitrogen and oxygen atoms in total. The van der Waals surface area contributed by atoms with Crippen molar-refractivity contribution in [1.29, 1.82) is 0 Å². The van der Waals surface area contributed by atoms with E-state index in [1.165, 1.54) is 29.7 Å². The normalized spacial score (nSPS) is 24.0. The average Bonchev–Trinajstić information content (AvgIpc) is 2.48. The van der Waals surface area contributed by atoms with Crippen molar-refractivity contribution in [1.82, 2.24) is 10.3 Å². The summed E-state index contributed by atoms with van der Waals surface area (Å²) in [6.07, 6.45) is 11.2. The number of nitrogens with zero attached hydrogens (tertiary/aromatic N) is 2. The SMILES string of the molecule is C=N/C=C\C=C(\C)C1CCC[C@H](c2ncccc2C)N1. The number of aromatic nitrogens is 1. The molecule has 2 heterocycles. The highest BCUT2D eigenvalue weighted by Crippen LogP contribution is 2.28. The number of nitrogens with one attached hydrogen (secondary N) is 1. The predicted molar refractivity (Wildman–Crippen MR) is 84.9 cm³/mol. The minimum Gasteiger partial charge on any atom is -0.302 e. The summed E-state index contributed by atoms with van der Waals surface area (Å²) in [7, 11) is 0. The third-order valence-corrected chi connectivity index (χ3v) is 3.87. The molecule has 1 aromatic rings. The summed E-state index contributed by atoms with van der Waals surface area (Å²) in [5.74, 6) is 0. The van der Waals surface area contributed by atoms with Gasteiger partial charge < -0.3 is 5.32 Å². The van der Waals surface area contributed by atoms with Crippen LogP contribution in [0.5, 0.6) is 0 Å². The summed E-state index contributed by atoms with van der Waals surface area (Å²) in [4.78, 5) is 8.27. The van der Waals surface area contributed by atoms with Crippen molar-refractivity contribution in [2.75, 3.05) is 0 Å². The molecule has 0 saturated carbocycles. The zero-order valence-corrected chi connectivity index (χ0v) is 12.3. The molecule has 1 aliphatic heterocycles. The van der Waals surface area contributed by atoms with E-state index < -0.39 is 0 Å². The van der Waals surface area contributed by atoms with E-state index in [0.29, 0.717) is 12.1 Å². The summed E-state index contributed by atoms with van der Waals surface area (Å²) < 4.78 is 0. The average molecular weight is 269 g/mol. The van der Waals surface area contributed by atoms with Crippen LogP contribution in [0.3, 0.4) is 0 Å². The molecular weight excluding hydrogens is 246 g/mol. The van der Waals surface area contributed by atoms with E-state index in [1.807, 2.05) is 18.3 Å². The van der Waals surface area contributed by atoms with Crippen molar-refractivity contribution in [3.8, 4) is 0 Å². The van der Waals surface area contributed by atoms with Crippen LogP contribution >= 0.6 is 0 Å². The maximum Gasteiger partial charge on any atom is 0.0602 e. The molecule has 3 heteroatoms. The van der Waals surface area contributed by atoms with Gasteiger partial charge in [0.25, 0.3) is 0 Å². The van der Waals surface area contributed by atoms with Gasteiger partial charge in [0.15, 0.2) is 0 Å². The van der Waals surface area contributed by atoms with Crippen LogP contribution in [0, 0.1) is 6.92 Å². The lowest BCUT2D eigenvalue weighted by Gasteiger charge is -2.32. The van der Waals surface area contributed by atoms with E-state index in [9.17, 15) is 0 Å². The van der Waals surface area contributed by atoms with Gasteiger partial charge in [-0.05, 0) is 57.5 Å². The highest BCUT2D eigenvalue weighted by atomic mass is 15.0. The molecule has 0 spiro atoms. The van der Waals surface area contributed by atoms with E-state index in [0.717, 1.165) is 6.42 Å².